The van der Waals surface area contributed by atoms with E-state index in [4.69, 9.17) is 11.6 Å². The third kappa shape index (κ3) is 3.35. The molecule has 1 rings (SSSR count). The van der Waals surface area contributed by atoms with Crippen molar-refractivity contribution in [2.75, 3.05) is 0 Å². The highest BCUT2D eigenvalue weighted by Crippen LogP contribution is 2.02. The maximum atomic E-state index is 10.3. The molecule has 0 saturated carbocycles. The molecule has 0 aliphatic carbocycles. The second-order valence-electron chi connectivity index (χ2n) is 2.37. The highest BCUT2D eigenvalue weighted by atomic mass is 35.5. The van der Waals surface area contributed by atoms with Crippen LogP contribution in [0.1, 0.15) is 12.0 Å². The molecule has 1 nitrogen and oxygen atoms in total. The Morgan fingerprint density at radius 3 is 2.58 bits per heavy atom. The zero-order chi connectivity index (χ0) is 8.81. The summed E-state index contributed by atoms with van der Waals surface area (Å²) in [5.74, 6) is 0. The largest absolute Gasteiger partial charge is 0.281 e. The Morgan fingerprint density at radius 2 is 2.00 bits per heavy atom. The molecule has 1 aromatic rings. The van der Waals surface area contributed by atoms with E-state index in [-0.39, 0.29) is 11.7 Å². The normalized spacial score (nSPS) is 10.4. The summed E-state index contributed by atoms with van der Waals surface area (Å²) < 4.78 is 0. The van der Waals surface area contributed by atoms with Gasteiger partial charge in [-0.25, -0.2) is 0 Å². The highest BCUT2D eigenvalue weighted by Gasteiger charge is 1.88. The topological polar surface area (TPSA) is 17.1 Å². The molecular weight excluding hydrogens is 172 g/mol. The van der Waals surface area contributed by atoms with E-state index in [2.05, 4.69) is 0 Å². The Labute approximate surface area is 76.7 Å². The Morgan fingerprint density at radius 1 is 1.33 bits per heavy atom. The zero-order valence-electron chi connectivity index (χ0n) is 6.53. The van der Waals surface area contributed by atoms with Crippen molar-refractivity contribution in [1.29, 1.82) is 0 Å². The molecule has 0 amide bonds. The fourth-order valence-electron chi connectivity index (χ4n) is 0.852. The highest BCUT2D eigenvalue weighted by molar-refractivity contribution is 6.63. The average molecular weight is 181 g/mol. The van der Waals surface area contributed by atoms with Gasteiger partial charge in [0.15, 0.2) is 0 Å². The van der Waals surface area contributed by atoms with Crippen molar-refractivity contribution in [2.45, 2.75) is 6.42 Å². The monoisotopic (exact) mass is 180 g/mol. The summed E-state index contributed by atoms with van der Waals surface area (Å²) in [5, 5.41) is -0.331. The summed E-state index contributed by atoms with van der Waals surface area (Å²) >= 11 is 5.15. The predicted molar refractivity (Wildman–Crippen MR) is 51.0 cm³/mol. The molecular formula is C10H9ClO. The number of benzene rings is 1. The van der Waals surface area contributed by atoms with Gasteiger partial charge in [-0.2, -0.15) is 0 Å². The lowest BCUT2D eigenvalue weighted by Gasteiger charge is -1.89. The van der Waals surface area contributed by atoms with E-state index >= 15 is 0 Å². The molecule has 1 aromatic carbocycles. The average Bonchev–Trinajstić information content (AvgIpc) is 2.05. The summed E-state index contributed by atoms with van der Waals surface area (Å²) in [7, 11) is 0. The lowest BCUT2D eigenvalue weighted by molar-refractivity contribution is -0.110. The van der Waals surface area contributed by atoms with Gasteiger partial charge >= 0.3 is 0 Å². The van der Waals surface area contributed by atoms with Crippen molar-refractivity contribution in [3.8, 4) is 0 Å². The summed E-state index contributed by atoms with van der Waals surface area (Å²) in [4.78, 5) is 10.3. The molecule has 0 bridgehead atoms. The molecule has 0 aliphatic rings. The summed E-state index contributed by atoms with van der Waals surface area (Å²) in [5.41, 5.74) is 1.08. The van der Waals surface area contributed by atoms with Gasteiger partial charge in [-0.05, 0) is 17.2 Å². The van der Waals surface area contributed by atoms with Crippen molar-refractivity contribution in [2.24, 2.45) is 0 Å². The van der Waals surface area contributed by atoms with Crippen LogP contribution in [0.2, 0.25) is 0 Å². The molecule has 0 unspecified atom stereocenters. The molecule has 0 spiro atoms. The quantitative estimate of drug-likeness (QED) is 0.654. The number of halogens is 1. The van der Waals surface area contributed by atoms with Crippen LogP contribution in [-0.4, -0.2) is 5.24 Å². The van der Waals surface area contributed by atoms with Crippen LogP contribution in [0.15, 0.2) is 36.4 Å². The van der Waals surface area contributed by atoms with Crippen LogP contribution in [0, 0.1) is 0 Å². The van der Waals surface area contributed by atoms with Crippen LogP contribution in [0.4, 0.5) is 0 Å². The van der Waals surface area contributed by atoms with Gasteiger partial charge in [0.25, 0.3) is 0 Å². The number of rotatable bonds is 3. The predicted octanol–water partition coefficient (Wildman–Crippen LogP) is 2.86. The van der Waals surface area contributed by atoms with Gasteiger partial charge in [0, 0.05) is 6.42 Å². The first-order chi connectivity index (χ1) is 5.79. The van der Waals surface area contributed by atoms with Gasteiger partial charge in [-0.3, -0.25) is 4.79 Å². The lowest BCUT2D eigenvalue weighted by atomic mass is 10.2. The van der Waals surface area contributed by atoms with Gasteiger partial charge < -0.3 is 0 Å². The van der Waals surface area contributed by atoms with Crippen LogP contribution in [0.3, 0.4) is 0 Å². The number of allylic oxidation sites excluding steroid dienone is 1. The van der Waals surface area contributed by atoms with Crippen LogP contribution in [0.25, 0.3) is 6.08 Å². The van der Waals surface area contributed by atoms with Crippen molar-refractivity contribution in [1.82, 2.24) is 0 Å². The third-order valence-corrected chi connectivity index (χ3v) is 1.54. The van der Waals surface area contributed by atoms with E-state index in [0.717, 1.165) is 5.56 Å². The molecule has 0 heterocycles. The van der Waals surface area contributed by atoms with Crippen molar-refractivity contribution in [3.05, 3.63) is 42.0 Å². The maximum absolute atomic E-state index is 10.3. The lowest BCUT2D eigenvalue weighted by Crippen LogP contribution is -1.79. The van der Waals surface area contributed by atoms with E-state index in [9.17, 15) is 4.79 Å². The second kappa shape index (κ2) is 4.73. The second-order valence-corrected chi connectivity index (χ2v) is 2.79. The summed E-state index contributed by atoms with van der Waals surface area (Å²) in [6, 6.07) is 9.78. The van der Waals surface area contributed by atoms with E-state index in [1.54, 1.807) is 6.08 Å². The Balaban J connectivity index is 2.52. The molecule has 0 N–H and O–H groups in total. The van der Waals surface area contributed by atoms with Gasteiger partial charge in [0.1, 0.15) is 0 Å². The van der Waals surface area contributed by atoms with Crippen molar-refractivity contribution >= 4 is 22.9 Å². The van der Waals surface area contributed by atoms with E-state index in [0.29, 0.717) is 0 Å². The fourth-order valence-corrected chi connectivity index (χ4v) is 0.941. The first-order valence-corrected chi connectivity index (χ1v) is 4.07. The first-order valence-electron chi connectivity index (χ1n) is 3.69. The van der Waals surface area contributed by atoms with Gasteiger partial charge in [-0.1, -0.05) is 42.5 Å². The molecule has 0 aromatic heterocycles. The molecule has 0 saturated heterocycles. The summed E-state index contributed by atoms with van der Waals surface area (Å²) in [6.45, 7) is 0. The SMILES string of the molecule is O=C(Cl)CC=Cc1ccccc1. The van der Waals surface area contributed by atoms with E-state index in [1.807, 2.05) is 36.4 Å². The molecule has 2 heteroatoms. The molecule has 0 radical (unpaired) electrons. The Bertz CT molecular complexity index is 277. The Hall–Kier alpha value is -1.08. The number of hydrogen-bond acceptors (Lipinski definition) is 1. The fraction of sp³-hybridized carbons (Fsp3) is 0.100. The molecule has 0 atom stereocenters. The molecule has 62 valence electrons. The third-order valence-electron chi connectivity index (χ3n) is 1.39. The van der Waals surface area contributed by atoms with Crippen molar-refractivity contribution < 1.29 is 4.79 Å². The van der Waals surface area contributed by atoms with Crippen LogP contribution in [-0.2, 0) is 4.79 Å². The molecule has 0 fully saturated rings. The smallest absolute Gasteiger partial charge is 0.225 e. The van der Waals surface area contributed by atoms with Crippen LogP contribution < -0.4 is 0 Å². The molecule has 0 aliphatic heterocycles. The van der Waals surface area contributed by atoms with Gasteiger partial charge in [0.05, 0.1) is 0 Å². The number of hydrogen-bond donors (Lipinski definition) is 0. The summed E-state index contributed by atoms with van der Waals surface area (Å²) in [6.07, 6.45) is 3.92. The van der Waals surface area contributed by atoms with Crippen LogP contribution in [0.5, 0.6) is 0 Å². The van der Waals surface area contributed by atoms with Gasteiger partial charge in [-0.15, -0.1) is 0 Å². The number of carbonyl (C=O) groups is 1. The Kier molecular flexibility index (Phi) is 3.55. The minimum atomic E-state index is -0.331. The van der Waals surface area contributed by atoms with E-state index < -0.39 is 0 Å². The number of carbonyl (C=O) groups excluding carboxylic acids is 1. The maximum Gasteiger partial charge on any atom is 0.225 e. The zero-order valence-corrected chi connectivity index (χ0v) is 7.29. The molecule has 12 heavy (non-hydrogen) atoms. The van der Waals surface area contributed by atoms with Gasteiger partial charge in [0.2, 0.25) is 5.24 Å². The first kappa shape index (κ1) is 9.01. The van der Waals surface area contributed by atoms with E-state index in [1.165, 1.54) is 0 Å². The van der Waals surface area contributed by atoms with Crippen LogP contribution >= 0.6 is 11.6 Å². The standard InChI is InChI=1S/C10H9ClO/c11-10(12)8-4-7-9-5-2-1-3-6-9/h1-7H,8H2. The van der Waals surface area contributed by atoms with Crippen molar-refractivity contribution in [3.63, 3.8) is 0 Å². The minimum Gasteiger partial charge on any atom is -0.281 e. The minimum absolute atomic E-state index is 0.288.